The average Bonchev–Trinajstić information content (AvgIpc) is 2.66. The van der Waals surface area contributed by atoms with Gasteiger partial charge in [-0.2, -0.15) is 0 Å². The Kier molecular flexibility index (Phi) is 5.13. The van der Waals surface area contributed by atoms with Crippen molar-refractivity contribution in [2.75, 3.05) is 6.61 Å². The van der Waals surface area contributed by atoms with E-state index in [-0.39, 0.29) is 6.61 Å². The van der Waals surface area contributed by atoms with Crippen LogP contribution in [0.1, 0.15) is 23.1 Å². The van der Waals surface area contributed by atoms with Crippen molar-refractivity contribution in [1.82, 2.24) is 0 Å². The van der Waals surface area contributed by atoms with E-state index in [9.17, 15) is 0 Å². The van der Waals surface area contributed by atoms with Gasteiger partial charge >= 0.3 is 0 Å². The maximum absolute atomic E-state index is 8.48. The molecule has 0 atom stereocenters. The predicted molar refractivity (Wildman–Crippen MR) is 63.2 cm³/mol. The molecule has 1 N–H and O–H groups in total. The lowest BCUT2D eigenvalue weighted by molar-refractivity contribution is 0.305. The number of aliphatic hydroxyl groups excluding tert-OH is 1. The largest absolute Gasteiger partial charge is 0.395 e. The van der Waals surface area contributed by atoms with Gasteiger partial charge < -0.3 is 5.11 Å². The normalized spacial score (nSPS) is 7.60. The van der Waals surface area contributed by atoms with Crippen LogP contribution in [0.5, 0.6) is 0 Å². The number of rotatable bonds is 1. The Bertz CT molecular complexity index is 492. The van der Waals surface area contributed by atoms with E-state index in [2.05, 4.69) is 35.5 Å². The highest BCUT2D eigenvalue weighted by Crippen LogP contribution is 2.13. The molecular formula is C13H10OS. The highest BCUT2D eigenvalue weighted by Gasteiger charge is 1.92. The van der Waals surface area contributed by atoms with Gasteiger partial charge in [-0.05, 0) is 36.8 Å². The van der Waals surface area contributed by atoms with Gasteiger partial charge in [0.05, 0.1) is 16.4 Å². The van der Waals surface area contributed by atoms with Gasteiger partial charge in [-0.15, -0.1) is 17.3 Å². The van der Waals surface area contributed by atoms with Crippen LogP contribution in [-0.4, -0.2) is 11.7 Å². The fourth-order valence-electron chi connectivity index (χ4n) is 0.851. The molecule has 0 spiro atoms. The fraction of sp³-hybridized carbons (Fsp3) is 0.231. The first-order valence-corrected chi connectivity index (χ1v) is 5.31. The van der Waals surface area contributed by atoms with Crippen LogP contribution in [0.2, 0.25) is 0 Å². The summed E-state index contributed by atoms with van der Waals surface area (Å²) in [6, 6.07) is 3.89. The molecule has 0 aliphatic carbocycles. The molecule has 0 saturated carbocycles. The minimum Gasteiger partial charge on any atom is -0.395 e. The standard InChI is InChI=1S/C13H10OS/c1-2-7-12-9-10-13(15-12)8-5-3-4-6-11-14/h9-10,14H,6,11H2,1H3. The quantitative estimate of drug-likeness (QED) is 0.707. The van der Waals surface area contributed by atoms with Crippen LogP contribution >= 0.6 is 11.3 Å². The van der Waals surface area contributed by atoms with E-state index in [4.69, 9.17) is 5.11 Å². The van der Waals surface area contributed by atoms with Gasteiger partial charge in [-0.1, -0.05) is 11.8 Å². The van der Waals surface area contributed by atoms with E-state index in [1.54, 1.807) is 11.3 Å². The third kappa shape index (κ3) is 4.39. The van der Waals surface area contributed by atoms with Crippen LogP contribution < -0.4 is 0 Å². The molecule has 0 unspecified atom stereocenters. The minimum absolute atomic E-state index is 0.0872. The SMILES string of the molecule is CC#Cc1ccc(C#CC#CCCO)s1. The van der Waals surface area contributed by atoms with Crippen molar-refractivity contribution in [2.45, 2.75) is 13.3 Å². The number of hydrogen-bond donors (Lipinski definition) is 1. The Morgan fingerprint density at radius 1 is 1.20 bits per heavy atom. The summed E-state index contributed by atoms with van der Waals surface area (Å²) in [5.74, 6) is 16.9. The molecule has 74 valence electrons. The van der Waals surface area contributed by atoms with Gasteiger partial charge in [0, 0.05) is 6.42 Å². The molecule has 0 aliphatic rings. The Hall–Kier alpha value is -1.66. The summed E-state index contributed by atoms with van der Waals surface area (Å²) in [7, 11) is 0. The second-order valence-corrected chi connectivity index (χ2v) is 3.65. The van der Waals surface area contributed by atoms with Crippen molar-refractivity contribution < 1.29 is 5.11 Å². The first-order chi connectivity index (χ1) is 7.36. The zero-order valence-corrected chi connectivity index (χ0v) is 9.24. The molecule has 1 aromatic heterocycles. The summed E-state index contributed by atoms with van der Waals surface area (Å²) in [5.41, 5.74) is 0. The highest BCUT2D eigenvalue weighted by molar-refractivity contribution is 7.13. The lowest BCUT2D eigenvalue weighted by atomic mass is 10.4. The van der Waals surface area contributed by atoms with Crippen LogP contribution in [0.3, 0.4) is 0 Å². The Morgan fingerprint density at radius 3 is 2.60 bits per heavy atom. The maximum atomic E-state index is 8.48. The second kappa shape index (κ2) is 6.74. The lowest BCUT2D eigenvalue weighted by Gasteiger charge is -1.75. The predicted octanol–water partition coefficient (Wildman–Crippen LogP) is 1.86. The number of hydrogen-bond acceptors (Lipinski definition) is 2. The van der Waals surface area contributed by atoms with Gasteiger partial charge in [0.1, 0.15) is 0 Å². The van der Waals surface area contributed by atoms with Gasteiger partial charge in [0.15, 0.2) is 0 Å². The van der Waals surface area contributed by atoms with Crippen LogP contribution in [0, 0.1) is 35.5 Å². The zero-order valence-electron chi connectivity index (χ0n) is 8.42. The summed E-state index contributed by atoms with van der Waals surface area (Å²) in [4.78, 5) is 1.98. The van der Waals surface area contributed by atoms with Crippen molar-refractivity contribution in [3.8, 4) is 35.5 Å². The number of thiophene rings is 1. The first-order valence-electron chi connectivity index (χ1n) is 4.49. The van der Waals surface area contributed by atoms with E-state index in [0.717, 1.165) is 9.75 Å². The van der Waals surface area contributed by atoms with Crippen LogP contribution in [0.15, 0.2) is 12.1 Å². The molecule has 1 aromatic rings. The van der Waals surface area contributed by atoms with Crippen molar-refractivity contribution >= 4 is 11.3 Å². The first kappa shape index (κ1) is 11.4. The maximum Gasteiger partial charge on any atom is 0.0792 e. The fourth-order valence-corrected chi connectivity index (χ4v) is 1.62. The van der Waals surface area contributed by atoms with Crippen LogP contribution in [0.4, 0.5) is 0 Å². The van der Waals surface area contributed by atoms with Crippen molar-refractivity contribution in [3.63, 3.8) is 0 Å². The molecule has 0 aliphatic heterocycles. The monoisotopic (exact) mass is 214 g/mol. The lowest BCUT2D eigenvalue weighted by Crippen LogP contribution is -1.74. The molecule has 2 heteroatoms. The molecule has 0 radical (unpaired) electrons. The van der Waals surface area contributed by atoms with E-state index in [1.807, 2.05) is 19.1 Å². The van der Waals surface area contributed by atoms with Crippen molar-refractivity contribution in [3.05, 3.63) is 21.9 Å². The molecule has 0 amide bonds. The second-order valence-electron chi connectivity index (χ2n) is 2.56. The zero-order chi connectivity index (χ0) is 10.9. The molecule has 15 heavy (non-hydrogen) atoms. The molecular weight excluding hydrogens is 204 g/mol. The Labute approximate surface area is 94.1 Å². The van der Waals surface area contributed by atoms with E-state index >= 15 is 0 Å². The molecule has 1 heterocycles. The van der Waals surface area contributed by atoms with Crippen LogP contribution in [-0.2, 0) is 0 Å². The van der Waals surface area contributed by atoms with Gasteiger partial charge in [-0.25, -0.2) is 0 Å². The van der Waals surface area contributed by atoms with Gasteiger partial charge in [0.25, 0.3) is 0 Å². The molecule has 0 bridgehead atoms. The van der Waals surface area contributed by atoms with Crippen molar-refractivity contribution in [2.24, 2.45) is 0 Å². The molecule has 1 rings (SSSR count). The van der Waals surface area contributed by atoms with E-state index in [0.29, 0.717) is 6.42 Å². The smallest absolute Gasteiger partial charge is 0.0792 e. The molecule has 0 fully saturated rings. The summed E-state index contributed by atoms with van der Waals surface area (Å²) in [5, 5.41) is 8.48. The van der Waals surface area contributed by atoms with Crippen LogP contribution in [0.25, 0.3) is 0 Å². The van der Waals surface area contributed by atoms with Gasteiger partial charge in [-0.3, -0.25) is 0 Å². The third-order valence-electron chi connectivity index (χ3n) is 1.43. The summed E-state index contributed by atoms with van der Waals surface area (Å²) in [6.07, 6.45) is 0.478. The Balaban J connectivity index is 2.64. The molecule has 0 aromatic carbocycles. The van der Waals surface area contributed by atoms with Crippen molar-refractivity contribution in [1.29, 1.82) is 0 Å². The summed E-state index contributed by atoms with van der Waals surface area (Å²) in [6.45, 7) is 1.90. The summed E-state index contributed by atoms with van der Waals surface area (Å²) >= 11 is 1.56. The summed E-state index contributed by atoms with van der Waals surface area (Å²) < 4.78 is 0. The minimum atomic E-state index is 0.0872. The number of aliphatic hydroxyl groups is 1. The van der Waals surface area contributed by atoms with E-state index in [1.165, 1.54) is 0 Å². The topological polar surface area (TPSA) is 20.2 Å². The molecule has 0 saturated heterocycles. The average molecular weight is 214 g/mol. The van der Waals surface area contributed by atoms with Gasteiger partial charge in [0.2, 0.25) is 0 Å². The highest BCUT2D eigenvalue weighted by atomic mass is 32.1. The third-order valence-corrected chi connectivity index (χ3v) is 2.34. The molecule has 1 nitrogen and oxygen atoms in total. The Morgan fingerprint density at radius 2 is 1.93 bits per heavy atom. The van der Waals surface area contributed by atoms with E-state index < -0.39 is 0 Å².